The van der Waals surface area contributed by atoms with E-state index in [2.05, 4.69) is 51.5 Å². The third-order valence-electron chi connectivity index (χ3n) is 3.65. The van der Waals surface area contributed by atoms with E-state index >= 15 is 0 Å². The first-order valence-corrected chi connectivity index (χ1v) is 12.8. The van der Waals surface area contributed by atoms with Crippen LogP contribution in [-0.2, 0) is 10.0 Å². The summed E-state index contributed by atoms with van der Waals surface area (Å²) in [4.78, 5) is 12.8. The van der Waals surface area contributed by atoms with Gasteiger partial charge in [0.25, 0.3) is 0 Å². The van der Waals surface area contributed by atoms with Crippen LogP contribution in [0.3, 0.4) is 0 Å². The molecule has 0 aliphatic carbocycles. The van der Waals surface area contributed by atoms with Crippen molar-refractivity contribution in [1.82, 2.24) is 0 Å². The molecule has 2 aromatic carbocycles. The molecule has 0 saturated heterocycles. The van der Waals surface area contributed by atoms with Gasteiger partial charge in [-0.25, -0.2) is 0 Å². The molecule has 128 valence electrons. The third-order valence-corrected chi connectivity index (χ3v) is 5.77. The van der Waals surface area contributed by atoms with E-state index in [1.165, 1.54) is 0 Å². The van der Waals surface area contributed by atoms with E-state index in [4.69, 9.17) is 4.43 Å². The van der Waals surface area contributed by atoms with Gasteiger partial charge in [-0.1, -0.05) is 56.1 Å². The molecular formula is C19H22Br2O2Si. The van der Waals surface area contributed by atoms with Crippen molar-refractivity contribution >= 4 is 46.0 Å². The van der Waals surface area contributed by atoms with Crippen molar-refractivity contribution in [1.29, 1.82) is 0 Å². The molecule has 2 nitrogen and oxygen atoms in total. The predicted molar refractivity (Wildman–Crippen MR) is 109 cm³/mol. The summed E-state index contributed by atoms with van der Waals surface area (Å²) in [5, 5.41) is 0. The second-order valence-electron chi connectivity index (χ2n) is 7.06. The lowest BCUT2D eigenvalue weighted by atomic mass is 9.89. The minimum atomic E-state index is -1.84. The standard InChI is InChI=1S/C19H22Br2O2Si/c1-19(23-24(2,3)4,15-7-11-17(21)12-8-15)13-18(22)14-5-9-16(20)10-6-14/h5-12H,13H2,1-4H3. The molecule has 0 fully saturated rings. The van der Waals surface area contributed by atoms with Crippen molar-refractivity contribution in [3.8, 4) is 0 Å². The van der Waals surface area contributed by atoms with Crippen LogP contribution in [0.25, 0.3) is 0 Å². The lowest BCUT2D eigenvalue weighted by Gasteiger charge is -2.36. The number of carbonyl (C=O) groups excluding carboxylic acids is 1. The average Bonchev–Trinajstić information content (AvgIpc) is 2.46. The molecule has 1 unspecified atom stereocenters. The van der Waals surface area contributed by atoms with Gasteiger partial charge >= 0.3 is 0 Å². The molecule has 0 aromatic heterocycles. The number of hydrogen-bond donors (Lipinski definition) is 0. The number of carbonyl (C=O) groups is 1. The molecule has 0 radical (unpaired) electrons. The van der Waals surface area contributed by atoms with Crippen LogP contribution in [0.15, 0.2) is 57.5 Å². The molecule has 2 aromatic rings. The van der Waals surface area contributed by atoms with E-state index in [9.17, 15) is 4.79 Å². The van der Waals surface area contributed by atoms with Crippen molar-refractivity contribution < 1.29 is 9.22 Å². The van der Waals surface area contributed by atoms with Gasteiger partial charge in [-0.05, 0) is 56.4 Å². The summed E-state index contributed by atoms with van der Waals surface area (Å²) in [5.74, 6) is 0.0890. The fourth-order valence-corrected chi connectivity index (χ4v) is 4.79. The lowest BCUT2D eigenvalue weighted by Crippen LogP contribution is -2.40. The Bertz CT molecular complexity index is 706. The molecule has 1 atom stereocenters. The Balaban J connectivity index is 2.33. The van der Waals surface area contributed by atoms with Crippen molar-refractivity contribution in [3.63, 3.8) is 0 Å². The molecule has 5 heteroatoms. The smallest absolute Gasteiger partial charge is 0.184 e. The van der Waals surface area contributed by atoms with Gasteiger partial charge in [0.2, 0.25) is 0 Å². The predicted octanol–water partition coefficient (Wildman–Crippen LogP) is 6.55. The number of benzene rings is 2. The number of ketones is 1. The number of halogens is 2. The quantitative estimate of drug-likeness (QED) is 0.354. The van der Waals surface area contributed by atoms with Gasteiger partial charge in [0.15, 0.2) is 14.1 Å². The van der Waals surface area contributed by atoms with Crippen LogP contribution >= 0.6 is 31.9 Å². The highest BCUT2D eigenvalue weighted by molar-refractivity contribution is 9.10. The minimum Gasteiger partial charge on any atom is -0.408 e. The Labute approximate surface area is 162 Å². The Morgan fingerprint density at radius 1 is 0.958 bits per heavy atom. The molecule has 2 rings (SSSR count). The fourth-order valence-electron chi connectivity index (χ4n) is 2.72. The van der Waals surface area contributed by atoms with Crippen molar-refractivity contribution in [2.45, 2.75) is 38.6 Å². The van der Waals surface area contributed by atoms with E-state index in [0.717, 1.165) is 14.5 Å². The van der Waals surface area contributed by atoms with E-state index < -0.39 is 13.9 Å². The van der Waals surface area contributed by atoms with E-state index in [0.29, 0.717) is 12.0 Å². The first kappa shape index (κ1) is 19.6. The number of rotatable bonds is 6. The van der Waals surface area contributed by atoms with Crippen LogP contribution in [0.1, 0.15) is 29.3 Å². The normalized spacial score (nSPS) is 14.2. The summed E-state index contributed by atoms with van der Waals surface area (Å²) in [6.07, 6.45) is 0.320. The number of hydrogen-bond acceptors (Lipinski definition) is 2. The van der Waals surface area contributed by atoms with Crippen LogP contribution in [-0.4, -0.2) is 14.1 Å². The highest BCUT2D eigenvalue weighted by Gasteiger charge is 2.35. The molecule has 0 saturated carbocycles. The second-order valence-corrected chi connectivity index (χ2v) is 13.3. The largest absolute Gasteiger partial charge is 0.408 e. The molecule has 0 spiro atoms. The van der Waals surface area contributed by atoms with Gasteiger partial charge in [-0.3, -0.25) is 4.79 Å². The monoisotopic (exact) mass is 468 g/mol. The topological polar surface area (TPSA) is 26.3 Å². The zero-order chi connectivity index (χ0) is 18.0. The molecule has 0 heterocycles. The first-order valence-electron chi connectivity index (χ1n) is 7.84. The minimum absolute atomic E-state index is 0.0890. The Kier molecular flexibility index (Phi) is 6.23. The van der Waals surface area contributed by atoms with E-state index in [-0.39, 0.29) is 5.78 Å². The third kappa shape index (κ3) is 5.38. The molecule has 0 bridgehead atoms. The zero-order valence-electron chi connectivity index (χ0n) is 14.4. The Morgan fingerprint density at radius 2 is 1.42 bits per heavy atom. The molecular weight excluding hydrogens is 448 g/mol. The second kappa shape index (κ2) is 7.64. The van der Waals surface area contributed by atoms with Gasteiger partial charge in [-0.15, -0.1) is 0 Å². The summed E-state index contributed by atoms with van der Waals surface area (Å²) >= 11 is 6.87. The fraction of sp³-hybridized carbons (Fsp3) is 0.316. The molecule has 0 amide bonds. The molecule has 0 N–H and O–H groups in total. The summed E-state index contributed by atoms with van der Waals surface area (Å²) in [7, 11) is -1.84. The zero-order valence-corrected chi connectivity index (χ0v) is 18.6. The van der Waals surface area contributed by atoms with Crippen LogP contribution in [0.2, 0.25) is 19.6 Å². The Hall–Kier alpha value is -0.753. The maximum Gasteiger partial charge on any atom is 0.184 e. The van der Waals surface area contributed by atoms with Crippen LogP contribution in [0.4, 0.5) is 0 Å². The average molecular weight is 470 g/mol. The van der Waals surface area contributed by atoms with Crippen LogP contribution in [0.5, 0.6) is 0 Å². The van der Waals surface area contributed by atoms with Crippen molar-refractivity contribution in [3.05, 3.63) is 68.6 Å². The molecule has 24 heavy (non-hydrogen) atoms. The van der Waals surface area contributed by atoms with E-state index in [1.54, 1.807) is 0 Å². The maximum absolute atomic E-state index is 12.8. The van der Waals surface area contributed by atoms with E-state index in [1.807, 2.05) is 55.5 Å². The SMILES string of the molecule is CC(CC(=O)c1ccc(Br)cc1)(O[Si](C)(C)C)c1ccc(Br)cc1. The lowest BCUT2D eigenvalue weighted by molar-refractivity contribution is 0.0568. The maximum atomic E-state index is 12.8. The first-order chi connectivity index (χ1) is 11.1. The summed E-state index contributed by atoms with van der Waals surface area (Å²) in [6, 6.07) is 15.5. The summed E-state index contributed by atoms with van der Waals surface area (Å²) < 4.78 is 8.44. The molecule has 0 aliphatic rings. The number of Topliss-reactive ketones (excluding diaryl/α,β-unsaturated/α-hetero) is 1. The Morgan fingerprint density at radius 3 is 1.88 bits per heavy atom. The van der Waals surface area contributed by atoms with Gasteiger partial charge in [0.1, 0.15) is 0 Å². The van der Waals surface area contributed by atoms with Gasteiger partial charge in [0, 0.05) is 20.9 Å². The summed E-state index contributed by atoms with van der Waals surface area (Å²) in [5.41, 5.74) is 1.11. The highest BCUT2D eigenvalue weighted by atomic mass is 79.9. The van der Waals surface area contributed by atoms with Crippen molar-refractivity contribution in [2.24, 2.45) is 0 Å². The highest BCUT2D eigenvalue weighted by Crippen LogP contribution is 2.34. The van der Waals surface area contributed by atoms with Gasteiger partial charge in [0.05, 0.1) is 5.60 Å². The molecule has 0 aliphatic heterocycles. The van der Waals surface area contributed by atoms with Crippen molar-refractivity contribution in [2.75, 3.05) is 0 Å². The summed E-state index contributed by atoms with van der Waals surface area (Å²) in [6.45, 7) is 8.46. The van der Waals surface area contributed by atoms with Gasteiger partial charge < -0.3 is 4.43 Å². The van der Waals surface area contributed by atoms with Crippen LogP contribution in [0, 0.1) is 0 Å². The van der Waals surface area contributed by atoms with Crippen LogP contribution < -0.4 is 0 Å². The van der Waals surface area contributed by atoms with Gasteiger partial charge in [-0.2, -0.15) is 0 Å².